The standard InChI is InChI=1S/C17H29N/c1-13(2)9-17(10-14(3)4)18-12-16-8-6-7-15(5)11-16/h6-8,11,13-14,17-18H,9-10,12H2,1-5H3. The van der Waals surface area contributed by atoms with Gasteiger partial charge in [-0.25, -0.2) is 0 Å². The van der Waals surface area contributed by atoms with Crippen molar-refractivity contribution in [3.8, 4) is 0 Å². The van der Waals surface area contributed by atoms with E-state index in [0.717, 1.165) is 18.4 Å². The molecule has 1 aromatic rings. The van der Waals surface area contributed by atoms with E-state index in [1.807, 2.05) is 0 Å². The largest absolute Gasteiger partial charge is 0.310 e. The second-order valence-corrected chi connectivity index (χ2v) is 6.33. The van der Waals surface area contributed by atoms with Crippen molar-refractivity contribution in [3.05, 3.63) is 35.4 Å². The van der Waals surface area contributed by atoms with Crippen LogP contribution in [0.25, 0.3) is 0 Å². The van der Waals surface area contributed by atoms with Crippen LogP contribution in [0.3, 0.4) is 0 Å². The highest BCUT2D eigenvalue weighted by atomic mass is 14.9. The van der Waals surface area contributed by atoms with E-state index >= 15 is 0 Å². The summed E-state index contributed by atoms with van der Waals surface area (Å²) < 4.78 is 0. The van der Waals surface area contributed by atoms with Crippen molar-refractivity contribution in [3.63, 3.8) is 0 Å². The van der Waals surface area contributed by atoms with Gasteiger partial charge in [0.1, 0.15) is 0 Å². The van der Waals surface area contributed by atoms with Gasteiger partial charge < -0.3 is 5.32 Å². The van der Waals surface area contributed by atoms with Gasteiger partial charge >= 0.3 is 0 Å². The van der Waals surface area contributed by atoms with Gasteiger partial charge in [0.25, 0.3) is 0 Å². The van der Waals surface area contributed by atoms with Gasteiger partial charge in [0.2, 0.25) is 0 Å². The summed E-state index contributed by atoms with van der Waals surface area (Å²) in [4.78, 5) is 0. The summed E-state index contributed by atoms with van der Waals surface area (Å²) >= 11 is 0. The van der Waals surface area contributed by atoms with E-state index in [9.17, 15) is 0 Å². The number of nitrogens with one attached hydrogen (secondary N) is 1. The second-order valence-electron chi connectivity index (χ2n) is 6.33. The first-order valence-electron chi connectivity index (χ1n) is 7.26. The molecule has 0 aliphatic carbocycles. The van der Waals surface area contributed by atoms with Gasteiger partial charge in [-0.2, -0.15) is 0 Å². The maximum absolute atomic E-state index is 3.73. The lowest BCUT2D eigenvalue weighted by Crippen LogP contribution is -2.31. The van der Waals surface area contributed by atoms with Gasteiger partial charge in [-0.15, -0.1) is 0 Å². The molecule has 0 saturated carbocycles. The first kappa shape index (κ1) is 15.2. The van der Waals surface area contributed by atoms with Crippen LogP contribution < -0.4 is 5.32 Å². The first-order valence-corrected chi connectivity index (χ1v) is 7.26. The summed E-state index contributed by atoms with van der Waals surface area (Å²) in [5, 5.41) is 3.73. The van der Waals surface area contributed by atoms with E-state index in [-0.39, 0.29) is 0 Å². The summed E-state index contributed by atoms with van der Waals surface area (Å²) in [6, 6.07) is 9.43. The van der Waals surface area contributed by atoms with Crippen LogP contribution in [0.2, 0.25) is 0 Å². The van der Waals surface area contributed by atoms with E-state index in [2.05, 4.69) is 64.2 Å². The highest BCUT2D eigenvalue weighted by Gasteiger charge is 2.12. The molecule has 0 amide bonds. The lowest BCUT2D eigenvalue weighted by Gasteiger charge is -2.22. The molecule has 0 aliphatic heterocycles. The number of hydrogen-bond acceptors (Lipinski definition) is 1. The molecule has 102 valence electrons. The third-order valence-electron chi connectivity index (χ3n) is 3.19. The fraction of sp³-hybridized carbons (Fsp3) is 0.647. The van der Waals surface area contributed by atoms with Crippen molar-refractivity contribution >= 4 is 0 Å². The average molecular weight is 247 g/mol. The maximum atomic E-state index is 3.73. The zero-order valence-electron chi connectivity index (χ0n) is 12.7. The topological polar surface area (TPSA) is 12.0 Å². The fourth-order valence-corrected chi connectivity index (χ4v) is 2.49. The zero-order chi connectivity index (χ0) is 13.5. The molecule has 1 heteroatoms. The van der Waals surface area contributed by atoms with E-state index in [0.29, 0.717) is 6.04 Å². The van der Waals surface area contributed by atoms with Crippen LogP contribution in [0.5, 0.6) is 0 Å². The lowest BCUT2D eigenvalue weighted by molar-refractivity contribution is 0.358. The van der Waals surface area contributed by atoms with E-state index < -0.39 is 0 Å². The molecule has 0 fully saturated rings. The van der Waals surface area contributed by atoms with Gasteiger partial charge in [0.15, 0.2) is 0 Å². The highest BCUT2D eigenvalue weighted by Crippen LogP contribution is 2.14. The number of aryl methyl sites for hydroxylation is 1. The normalized spacial score (nSPS) is 11.8. The minimum Gasteiger partial charge on any atom is -0.310 e. The van der Waals surface area contributed by atoms with E-state index in [4.69, 9.17) is 0 Å². The summed E-state index contributed by atoms with van der Waals surface area (Å²) in [6.07, 6.45) is 2.54. The predicted octanol–water partition coefficient (Wildman–Crippen LogP) is 4.55. The summed E-state index contributed by atoms with van der Waals surface area (Å²) in [6.45, 7) is 12.4. The minimum atomic E-state index is 0.644. The molecular formula is C17H29N. The molecule has 1 nitrogen and oxygen atoms in total. The number of rotatable bonds is 7. The van der Waals surface area contributed by atoms with Crippen molar-refractivity contribution in [2.45, 2.75) is 60.0 Å². The quantitative estimate of drug-likeness (QED) is 0.745. The van der Waals surface area contributed by atoms with E-state index in [1.165, 1.54) is 24.0 Å². The fourth-order valence-electron chi connectivity index (χ4n) is 2.49. The Kier molecular flexibility index (Phi) is 6.42. The molecule has 0 aliphatic rings. The van der Waals surface area contributed by atoms with E-state index in [1.54, 1.807) is 0 Å². The molecule has 0 bridgehead atoms. The van der Waals surface area contributed by atoms with Gasteiger partial charge in [0.05, 0.1) is 0 Å². The van der Waals surface area contributed by atoms with Gasteiger partial charge in [-0.05, 0) is 37.2 Å². The Bertz CT molecular complexity index is 331. The molecule has 0 saturated heterocycles. The SMILES string of the molecule is Cc1cccc(CNC(CC(C)C)CC(C)C)c1. The van der Waals surface area contributed by atoms with Gasteiger partial charge in [-0.1, -0.05) is 57.5 Å². The molecule has 0 atom stereocenters. The van der Waals surface area contributed by atoms with Crippen molar-refractivity contribution in [2.24, 2.45) is 11.8 Å². The Hall–Kier alpha value is -0.820. The van der Waals surface area contributed by atoms with Crippen molar-refractivity contribution in [1.29, 1.82) is 0 Å². The average Bonchev–Trinajstić information content (AvgIpc) is 2.24. The predicted molar refractivity (Wildman–Crippen MR) is 80.7 cm³/mol. The van der Waals surface area contributed by atoms with Gasteiger partial charge in [0, 0.05) is 12.6 Å². The molecule has 0 aromatic heterocycles. The van der Waals surface area contributed by atoms with Crippen LogP contribution in [-0.2, 0) is 6.54 Å². The Morgan fingerprint density at radius 3 is 2.11 bits per heavy atom. The van der Waals surface area contributed by atoms with Crippen LogP contribution >= 0.6 is 0 Å². The third-order valence-corrected chi connectivity index (χ3v) is 3.19. The second kappa shape index (κ2) is 7.58. The minimum absolute atomic E-state index is 0.644. The van der Waals surface area contributed by atoms with Crippen molar-refractivity contribution < 1.29 is 0 Å². The molecule has 1 N–H and O–H groups in total. The highest BCUT2D eigenvalue weighted by molar-refractivity contribution is 5.22. The van der Waals surface area contributed by atoms with Crippen molar-refractivity contribution in [2.75, 3.05) is 0 Å². The summed E-state index contributed by atoms with van der Waals surface area (Å²) in [5.74, 6) is 1.53. The Labute approximate surface area is 113 Å². The summed E-state index contributed by atoms with van der Waals surface area (Å²) in [5.41, 5.74) is 2.74. The van der Waals surface area contributed by atoms with Crippen LogP contribution in [0.1, 0.15) is 51.7 Å². The molecule has 1 aromatic carbocycles. The van der Waals surface area contributed by atoms with Crippen molar-refractivity contribution in [1.82, 2.24) is 5.32 Å². The molecule has 0 unspecified atom stereocenters. The maximum Gasteiger partial charge on any atom is 0.0208 e. The van der Waals surface area contributed by atoms with Crippen LogP contribution in [0.4, 0.5) is 0 Å². The molecular weight excluding hydrogens is 218 g/mol. The summed E-state index contributed by atoms with van der Waals surface area (Å²) in [7, 11) is 0. The number of benzene rings is 1. The molecule has 1 rings (SSSR count). The third kappa shape index (κ3) is 6.20. The van der Waals surface area contributed by atoms with Gasteiger partial charge in [-0.3, -0.25) is 0 Å². The molecule has 0 radical (unpaired) electrons. The Balaban J connectivity index is 2.50. The Morgan fingerprint density at radius 2 is 1.61 bits per heavy atom. The molecule has 0 heterocycles. The van der Waals surface area contributed by atoms with Crippen LogP contribution in [-0.4, -0.2) is 6.04 Å². The van der Waals surface area contributed by atoms with Crippen LogP contribution in [0, 0.1) is 18.8 Å². The Morgan fingerprint density at radius 1 is 1.00 bits per heavy atom. The first-order chi connectivity index (χ1) is 8.47. The smallest absolute Gasteiger partial charge is 0.0208 e. The molecule has 18 heavy (non-hydrogen) atoms. The lowest BCUT2D eigenvalue weighted by atomic mass is 9.95. The molecule has 0 spiro atoms. The number of hydrogen-bond donors (Lipinski definition) is 1. The van der Waals surface area contributed by atoms with Crippen LogP contribution in [0.15, 0.2) is 24.3 Å². The monoisotopic (exact) mass is 247 g/mol. The zero-order valence-corrected chi connectivity index (χ0v) is 12.7.